The van der Waals surface area contributed by atoms with Gasteiger partial charge in [0.15, 0.2) is 0 Å². The van der Waals surface area contributed by atoms with Gasteiger partial charge in [0, 0.05) is 16.0 Å². The van der Waals surface area contributed by atoms with Crippen LogP contribution >= 0.6 is 23.4 Å². The number of nitrogens with zero attached hydrogens (tertiary/aromatic N) is 3. The topological polar surface area (TPSA) is 49.6 Å². The Kier molecular flexibility index (Phi) is 5.50. The highest BCUT2D eigenvalue weighted by Crippen LogP contribution is 2.33. The molecule has 0 spiro atoms. The second kappa shape index (κ2) is 7.81. The molecule has 0 aliphatic carbocycles. The number of benzene rings is 2. The zero-order valence-corrected chi connectivity index (χ0v) is 15.2. The minimum Gasteiger partial charge on any atom is -0.207 e. The maximum Gasteiger partial charge on any atom is 0.140 e. The fraction of sp³-hybridized carbons (Fsp3) is 0.105. The average molecular weight is 388 g/mol. The van der Waals surface area contributed by atoms with Crippen molar-refractivity contribution < 1.29 is 8.78 Å². The molecule has 0 saturated carbocycles. The van der Waals surface area contributed by atoms with E-state index in [-0.39, 0.29) is 4.90 Å². The van der Waals surface area contributed by atoms with Crippen molar-refractivity contribution in [3.63, 3.8) is 0 Å². The van der Waals surface area contributed by atoms with Gasteiger partial charge in [-0.2, -0.15) is 10.4 Å². The van der Waals surface area contributed by atoms with Crippen LogP contribution in [0.4, 0.5) is 8.78 Å². The van der Waals surface area contributed by atoms with E-state index in [0.717, 1.165) is 23.4 Å². The normalized spacial score (nSPS) is 11.8. The van der Waals surface area contributed by atoms with Gasteiger partial charge in [0.2, 0.25) is 0 Å². The molecule has 0 aliphatic heterocycles. The molecule has 130 valence electrons. The van der Waals surface area contributed by atoms with Crippen LogP contribution < -0.4 is 0 Å². The van der Waals surface area contributed by atoms with Crippen LogP contribution in [-0.2, 0) is 0 Å². The van der Waals surface area contributed by atoms with Gasteiger partial charge in [-0.05, 0) is 48.4 Å². The molecular weight excluding hydrogens is 376 g/mol. The van der Waals surface area contributed by atoms with E-state index >= 15 is 0 Å². The summed E-state index contributed by atoms with van der Waals surface area (Å²) in [7, 11) is 0. The van der Waals surface area contributed by atoms with Gasteiger partial charge >= 0.3 is 0 Å². The third-order valence-corrected chi connectivity index (χ3v) is 5.06. The Morgan fingerprint density at radius 1 is 1.12 bits per heavy atom. The number of hydrogen-bond donors (Lipinski definition) is 0. The van der Waals surface area contributed by atoms with Crippen LogP contribution in [0.25, 0.3) is 0 Å². The zero-order valence-electron chi connectivity index (χ0n) is 13.6. The van der Waals surface area contributed by atoms with E-state index in [1.807, 2.05) is 19.1 Å². The molecule has 1 unspecified atom stereocenters. The molecular formula is C19H12ClF2N3S. The molecule has 1 atom stereocenters. The largest absolute Gasteiger partial charge is 0.207 e. The summed E-state index contributed by atoms with van der Waals surface area (Å²) in [5, 5.41) is 18.7. The molecule has 3 aromatic rings. The highest BCUT2D eigenvalue weighted by atomic mass is 35.5. The fourth-order valence-electron chi connectivity index (χ4n) is 2.50. The SMILES string of the molecule is Cc1cccc(Cl)c1C(C#N)c1ccc(Sc2ccc(F)cc2F)nn1. The first-order valence-electron chi connectivity index (χ1n) is 7.60. The quantitative estimate of drug-likeness (QED) is 0.591. The van der Waals surface area contributed by atoms with Crippen LogP contribution in [-0.4, -0.2) is 10.2 Å². The summed E-state index contributed by atoms with van der Waals surface area (Å²) < 4.78 is 26.7. The van der Waals surface area contributed by atoms with Gasteiger partial charge in [-0.15, -0.1) is 5.10 Å². The summed E-state index contributed by atoms with van der Waals surface area (Å²) in [6.45, 7) is 1.88. The molecule has 0 fully saturated rings. The fourth-order valence-corrected chi connectivity index (χ4v) is 3.56. The van der Waals surface area contributed by atoms with Crippen molar-refractivity contribution in [2.45, 2.75) is 22.8 Å². The molecule has 3 nitrogen and oxygen atoms in total. The van der Waals surface area contributed by atoms with Crippen LogP contribution in [0.1, 0.15) is 22.7 Å². The molecule has 0 bridgehead atoms. The van der Waals surface area contributed by atoms with Crippen LogP contribution in [0.15, 0.2) is 58.5 Å². The van der Waals surface area contributed by atoms with Crippen molar-refractivity contribution in [3.05, 3.63) is 82.0 Å². The van der Waals surface area contributed by atoms with Crippen molar-refractivity contribution in [1.82, 2.24) is 10.2 Å². The second-order valence-corrected chi connectivity index (χ2v) is 6.98. The van der Waals surface area contributed by atoms with E-state index in [0.29, 0.717) is 21.3 Å². The van der Waals surface area contributed by atoms with E-state index in [4.69, 9.17) is 11.6 Å². The lowest BCUT2D eigenvalue weighted by atomic mass is 9.93. The van der Waals surface area contributed by atoms with Crippen LogP contribution in [0.5, 0.6) is 0 Å². The Balaban J connectivity index is 1.88. The van der Waals surface area contributed by atoms with E-state index in [9.17, 15) is 14.0 Å². The third kappa shape index (κ3) is 3.85. The van der Waals surface area contributed by atoms with Crippen molar-refractivity contribution in [2.75, 3.05) is 0 Å². The summed E-state index contributed by atoms with van der Waals surface area (Å²) in [5.74, 6) is -1.96. The smallest absolute Gasteiger partial charge is 0.140 e. The lowest BCUT2D eigenvalue weighted by Gasteiger charge is -2.13. The summed E-state index contributed by atoms with van der Waals surface area (Å²) in [4.78, 5) is 0.243. The van der Waals surface area contributed by atoms with Gasteiger partial charge < -0.3 is 0 Å². The Morgan fingerprint density at radius 2 is 1.92 bits per heavy atom. The number of nitriles is 1. The first kappa shape index (κ1) is 18.3. The average Bonchev–Trinajstić information content (AvgIpc) is 2.62. The van der Waals surface area contributed by atoms with Gasteiger partial charge in [-0.1, -0.05) is 35.5 Å². The predicted octanol–water partition coefficient (Wildman–Crippen LogP) is 5.52. The number of hydrogen-bond acceptors (Lipinski definition) is 4. The number of aryl methyl sites for hydroxylation is 1. The summed E-state index contributed by atoms with van der Waals surface area (Å²) in [5.41, 5.74) is 2.03. The Hall–Kier alpha value is -2.49. The molecule has 1 heterocycles. The van der Waals surface area contributed by atoms with E-state index in [1.54, 1.807) is 18.2 Å². The Bertz CT molecular complexity index is 967. The van der Waals surface area contributed by atoms with E-state index in [2.05, 4.69) is 16.3 Å². The molecule has 0 amide bonds. The Labute approximate surface area is 158 Å². The minimum atomic E-state index is -0.664. The van der Waals surface area contributed by atoms with Crippen LogP contribution in [0.2, 0.25) is 5.02 Å². The number of aromatic nitrogens is 2. The van der Waals surface area contributed by atoms with Gasteiger partial charge in [-0.3, -0.25) is 0 Å². The van der Waals surface area contributed by atoms with E-state index in [1.165, 1.54) is 12.1 Å². The van der Waals surface area contributed by atoms with Gasteiger partial charge in [0.05, 0.1) is 11.8 Å². The monoisotopic (exact) mass is 387 g/mol. The predicted molar refractivity (Wildman–Crippen MR) is 96.2 cm³/mol. The Morgan fingerprint density at radius 3 is 2.54 bits per heavy atom. The lowest BCUT2D eigenvalue weighted by molar-refractivity contribution is 0.565. The zero-order chi connectivity index (χ0) is 18.7. The van der Waals surface area contributed by atoms with Crippen molar-refractivity contribution >= 4 is 23.4 Å². The highest BCUT2D eigenvalue weighted by Gasteiger charge is 2.20. The molecule has 0 N–H and O–H groups in total. The molecule has 0 aliphatic rings. The van der Waals surface area contributed by atoms with Crippen molar-refractivity contribution in [1.29, 1.82) is 5.26 Å². The number of halogens is 3. The standard InChI is InChI=1S/C19H12ClF2N3S/c1-11-3-2-4-14(20)19(11)13(10-23)16-6-8-18(25-24-16)26-17-7-5-12(21)9-15(17)22/h2-9,13H,1H3. The first-order chi connectivity index (χ1) is 12.5. The van der Waals surface area contributed by atoms with Gasteiger partial charge in [-0.25, -0.2) is 8.78 Å². The molecule has 1 aromatic heterocycles. The minimum absolute atomic E-state index is 0.243. The highest BCUT2D eigenvalue weighted by molar-refractivity contribution is 7.99. The molecule has 7 heteroatoms. The van der Waals surface area contributed by atoms with Gasteiger partial charge in [0.25, 0.3) is 0 Å². The lowest BCUT2D eigenvalue weighted by Crippen LogP contribution is -2.05. The van der Waals surface area contributed by atoms with Gasteiger partial charge in [0.1, 0.15) is 22.6 Å². The first-order valence-corrected chi connectivity index (χ1v) is 8.80. The van der Waals surface area contributed by atoms with Crippen molar-refractivity contribution in [2.24, 2.45) is 0 Å². The third-order valence-electron chi connectivity index (χ3n) is 3.75. The van der Waals surface area contributed by atoms with Crippen LogP contribution in [0, 0.1) is 29.9 Å². The molecule has 2 aromatic carbocycles. The number of rotatable bonds is 4. The summed E-state index contributed by atoms with van der Waals surface area (Å²) >= 11 is 7.27. The maximum atomic E-state index is 13.7. The summed E-state index contributed by atoms with van der Waals surface area (Å²) in [6, 6.07) is 14.3. The molecule has 0 radical (unpaired) electrons. The molecule has 3 rings (SSSR count). The summed E-state index contributed by atoms with van der Waals surface area (Å²) in [6.07, 6.45) is 0. The second-order valence-electron chi connectivity index (χ2n) is 5.51. The molecule has 26 heavy (non-hydrogen) atoms. The van der Waals surface area contributed by atoms with E-state index < -0.39 is 17.6 Å². The molecule has 0 saturated heterocycles. The van der Waals surface area contributed by atoms with Crippen molar-refractivity contribution in [3.8, 4) is 6.07 Å². The van der Waals surface area contributed by atoms with Crippen LogP contribution in [0.3, 0.4) is 0 Å². The maximum absolute atomic E-state index is 13.7.